The van der Waals surface area contributed by atoms with Crippen LogP contribution in [0.3, 0.4) is 0 Å². The van der Waals surface area contributed by atoms with E-state index in [9.17, 15) is 0 Å². The van der Waals surface area contributed by atoms with E-state index in [1.54, 1.807) is 18.4 Å². The molecule has 0 radical (unpaired) electrons. The fraction of sp³-hybridized carbons (Fsp3) is 0.556. The molecule has 0 saturated carbocycles. The molecule has 0 bridgehead atoms. The largest absolute Gasteiger partial charge is 0.375 e. The van der Waals surface area contributed by atoms with Gasteiger partial charge in [-0.1, -0.05) is 0 Å². The second-order valence-corrected chi connectivity index (χ2v) is 4.05. The van der Waals surface area contributed by atoms with Crippen molar-refractivity contribution in [2.75, 3.05) is 20.7 Å². The molecule has 1 aromatic heterocycles. The number of hydrogen-bond donors (Lipinski definition) is 1. The summed E-state index contributed by atoms with van der Waals surface area (Å²) in [5, 5.41) is 3.11. The molecule has 12 heavy (non-hydrogen) atoms. The molecule has 1 unspecified atom stereocenters. The Kier molecular flexibility index (Phi) is 3.72. The Morgan fingerprint density at radius 3 is 2.75 bits per heavy atom. The summed E-state index contributed by atoms with van der Waals surface area (Å²) in [7, 11) is 3.68. The molecule has 0 saturated heterocycles. The van der Waals surface area contributed by atoms with E-state index < -0.39 is 0 Å². The van der Waals surface area contributed by atoms with Crippen LogP contribution in [0.25, 0.3) is 0 Å². The summed E-state index contributed by atoms with van der Waals surface area (Å²) < 4.78 is 5.34. The van der Waals surface area contributed by atoms with Crippen LogP contribution in [0.1, 0.15) is 15.9 Å². The summed E-state index contributed by atoms with van der Waals surface area (Å²) in [4.78, 5) is 2.63. The zero-order valence-corrected chi connectivity index (χ0v) is 8.57. The molecule has 0 fully saturated rings. The van der Waals surface area contributed by atoms with E-state index in [1.165, 1.54) is 9.75 Å². The van der Waals surface area contributed by atoms with Crippen molar-refractivity contribution in [3.05, 3.63) is 21.9 Å². The third-order valence-electron chi connectivity index (χ3n) is 1.75. The number of hydrogen-bond acceptors (Lipinski definition) is 3. The van der Waals surface area contributed by atoms with Crippen LogP contribution in [0.4, 0.5) is 0 Å². The highest BCUT2D eigenvalue weighted by Gasteiger charge is 2.10. The van der Waals surface area contributed by atoms with Gasteiger partial charge in [-0.25, -0.2) is 0 Å². The van der Waals surface area contributed by atoms with Gasteiger partial charge in [0.1, 0.15) is 6.10 Å². The van der Waals surface area contributed by atoms with E-state index >= 15 is 0 Å². The minimum absolute atomic E-state index is 0.202. The molecule has 0 aromatic carbocycles. The minimum Gasteiger partial charge on any atom is -0.375 e. The van der Waals surface area contributed by atoms with Crippen LogP contribution in [-0.2, 0) is 4.74 Å². The highest BCUT2D eigenvalue weighted by Crippen LogP contribution is 2.24. The Hall–Kier alpha value is -0.380. The van der Waals surface area contributed by atoms with E-state index in [-0.39, 0.29) is 6.10 Å². The molecule has 0 aliphatic carbocycles. The lowest BCUT2D eigenvalue weighted by Gasteiger charge is -2.12. The second kappa shape index (κ2) is 4.60. The number of rotatable bonds is 4. The predicted octanol–water partition coefficient (Wildman–Crippen LogP) is 1.96. The lowest BCUT2D eigenvalue weighted by Crippen LogP contribution is -2.17. The normalized spacial score (nSPS) is 13.2. The van der Waals surface area contributed by atoms with Crippen molar-refractivity contribution in [1.29, 1.82) is 0 Å². The van der Waals surface area contributed by atoms with Gasteiger partial charge in [0.25, 0.3) is 0 Å². The van der Waals surface area contributed by atoms with Crippen molar-refractivity contribution in [2.24, 2.45) is 0 Å². The summed E-state index contributed by atoms with van der Waals surface area (Å²) in [6, 6.07) is 4.26. The Morgan fingerprint density at radius 1 is 1.58 bits per heavy atom. The number of aryl methyl sites for hydroxylation is 1. The van der Waals surface area contributed by atoms with Crippen LogP contribution >= 0.6 is 11.3 Å². The van der Waals surface area contributed by atoms with Crippen molar-refractivity contribution in [1.82, 2.24) is 5.32 Å². The van der Waals surface area contributed by atoms with Gasteiger partial charge in [-0.2, -0.15) is 0 Å². The van der Waals surface area contributed by atoms with Crippen LogP contribution < -0.4 is 5.32 Å². The molecule has 0 aliphatic rings. The maximum atomic E-state index is 5.34. The molecule has 2 nitrogen and oxygen atoms in total. The predicted molar refractivity (Wildman–Crippen MR) is 52.7 cm³/mol. The maximum Gasteiger partial charge on any atom is 0.104 e. The standard InChI is InChI=1S/C9H15NOS/c1-7-4-5-9(12-7)8(11-3)6-10-2/h4-5,8,10H,6H2,1-3H3. The third kappa shape index (κ3) is 2.30. The van der Waals surface area contributed by atoms with Crippen molar-refractivity contribution in [2.45, 2.75) is 13.0 Å². The minimum atomic E-state index is 0.202. The molecule has 0 spiro atoms. The van der Waals surface area contributed by atoms with Crippen molar-refractivity contribution >= 4 is 11.3 Å². The van der Waals surface area contributed by atoms with Gasteiger partial charge in [-0.15, -0.1) is 11.3 Å². The summed E-state index contributed by atoms with van der Waals surface area (Å²) in [5.74, 6) is 0. The van der Waals surface area contributed by atoms with E-state index in [1.807, 2.05) is 7.05 Å². The first-order valence-electron chi connectivity index (χ1n) is 4.01. The zero-order chi connectivity index (χ0) is 8.97. The van der Waals surface area contributed by atoms with Crippen LogP contribution in [-0.4, -0.2) is 20.7 Å². The second-order valence-electron chi connectivity index (χ2n) is 2.73. The van der Waals surface area contributed by atoms with Gasteiger partial charge in [-0.3, -0.25) is 0 Å². The molecular weight excluding hydrogens is 170 g/mol. The molecule has 1 aromatic rings. The van der Waals surface area contributed by atoms with Gasteiger partial charge in [0.15, 0.2) is 0 Å². The van der Waals surface area contributed by atoms with Crippen LogP contribution in [0.2, 0.25) is 0 Å². The first-order valence-corrected chi connectivity index (χ1v) is 4.83. The summed E-state index contributed by atoms with van der Waals surface area (Å²) in [6.45, 7) is 2.98. The summed E-state index contributed by atoms with van der Waals surface area (Å²) in [6.07, 6.45) is 0.202. The van der Waals surface area contributed by atoms with E-state index in [0.29, 0.717) is 0 Å². The lowest BCUT2D eigenvalue weighted by molar-refractivity contribution is 0.107. The molecule has 3 heteroatoms. The van der Waals surface area contributed by atoms with Crippen LogP contribution in [0, 0.1) is 6.92 Å². The molecular formula is C9H15NOS. The molecule has 1 rings (SSSR count). The fourth-order valence-corrected chi connectivity index (χ4v) is 2.07. The first-order chi connectivity index (χ1) is 5.77. The number of nitrogens with one attached hydrogen (secondary N) is 1. The molecule has 0 aliphatic heterocycles. The van der Waals surface area contributed by atoms with Gasteiger partial charge < -0.3 is 10.1 Å². The van der Waals surface area contributed by atoms with E-state index in [4.69, 9.17) is 4.74 Å². The number of likely N-dealkylation sites (N-methyl/N-ethyl adjacent to an activating group) is 1. The lowest BCUT2D eigenvalue weighted by atomic mass is 10.3. The highest BCUT2D eigenvalue weighted by atomic mass is 32.1. The Bertz CT molecular complexity index is 234. The third-order valence-corrected chi connectivity index (χ3v) is 2.85. The molecule has 0 amide bonds. The molecule has 1 N–H and O–H groups in total. The first kappa shape index (κ1) is 9.71. The van der Waals surface area contributed by atoms with Gasteiger partial charge >= 0.3 is 0 Å². The van der Waals surface area contributed by atoms with E-state index in [2.05, 4.69) is 24.4 Å². The zero-order valence-electron chi connectivity index (χ0n) is 7.76. The van der Waals surface area contributed by atoms with Gasteiger partial charge in [-0.05, 0) is 26.1 Å². The maximum absolute atomic E-state index is 5.34. The highest BCUT2D eigenvalue weighted by molar-refractivity contribution is 7.12. The van der Waals surface area contributed by atoms with Crippen LogP contribution in [0.15, 0.2) is 12.1 Å². The average molecular weight is 185 g/mol. The quantitative estimate of drug-likeness (QED) is 0.774. The van der Waals surface area contributed by atoms with Crippen molar-refractivity contribution in [3.8, 4) is 0 Å². The smallest absolute Gasteiger partial charge is 0.104 e. The summed E-state index contributed by atoms with van der Waals surface area (Å²) in [5.41, 5.74) is 0. The SMILES string of the molecule is CNCC(OC)c1ccc(C)s1. The summed E-state index contributed by atoms with van der Waals surface area (Å²) >= 11 is 1.80. The van der Waals surface area contributed by atoms with Gasteiger partial charge in [0.05, 0.1) is 0 Å². The average Bonchev–Trinajstić information content (AvgIpc) is 2.47. The van der Waals surface area contributed by atoms with Gasteiger partial charge in [0.2, 0.25) is 0 Å². The number of thiophene rings is 1. The van der Waals surface area contributed by atoms with E-state index in [0.717, 1.165) is 6.54 Å². The van der Waals surface area contributed by atoms with Crippen molar-refractivity contribution in [3.63, 3.8) is 0 Å². The molecule has 68 valence electrons. The molecule has 1 heterocycles. The monoisotopic (exact) mass is 185 g/mol. The topological polar surface area (TPSA) is 21.3 Å². The van der Waals surface area contributed by atoms with Gasteiger partial charge in [0, 0.05) is 23.4 Å². The Morgan fingerprint density at radius 2 is 2.33 bits per heavy atom. The van der Waals surface area contributed by atoms with Crippen LogP contribution in [0.5, 0.6) is 0 Å². The Labute approximate surface area is 77.6 Å². The number of ether oxygens (including phenoxy) is 1. The number of methoxy groups -OCH3 is 1. The fourth-order valence-electron chi connectivity index (χ4n) is 1.11. The van der Waals surface area contributed by atoms with Crippen molar-refractivity contribution < 1.29 is 4.74 Å². The molecule has 1 atom stereocenters. The Balaban J connectivity index is 2.66.